The third-order valence-electron chi connectivity index (χ3n) is 6.84. The van der Waals surface area contributed by atoms with Gasteiger partial charge in [-0.2, -0.15) is 15.5 Å². The standard InChI is InChI=1S/C26H32N6O2/c1-5-20-12-19(14-28-30-20)24-17(4)21(13-27)26(29-25(24)18-6-7-18)31-9-10-32(23(34)8-11-33)22(15-31)16(2)3/h5,12,14,16,18,22,33H,1,6-11,15H2,2-4H3. The van der Waals surface area contributed by atoms with Crippen LogP contribution in [-0.4, -0.2) is 63.4 Å². The van der Waals surface area contributed by atoms with Gasteiger partial charge in [0.1, 0.15) is 11.9 Å². The first-order chi connectivity index (χ1) is 16.4. The summed E-state index contributed by atoms with van der Waals surface area (Å²) in [5.74, 6) is 1.28. The number of carbonyl (C=O) groups excluding carboxylic acids is 1. The summed E-state index contributed by atoms with van der Waals surface area (Å²) in [6.07, 6.45) is 5.69. The lowest BCUT2D eigenvalue weighted by Crippen LogP contribution is -2.57. The summed E-state index contributed by atoms with van der Waals surface area (Å²) < 4.78 is 0. The summed E-state index contributed by atoms with van der Waals surface area (Å²) in [5, 5.41) is 27.6. The first-order valence-electron chi connectivity index (χ1n) is 11.9. The van der Waals surface area contributed by atoms with Gasteiger partial charge >= 0.3 is 0 Å². The molecule has 0 aromatic carbocycles. The van der Waals surface area contributed by atoms with Crippen LogP contribution in [-0.2, 0) is 4.79 Å². The van der Waals surface area contributed by atoms with E-state index in [-0.39, 0.29) is 30.9 Å². The number of anilines is 1. The van der Waals surface area contributed by atoms with Gasteiger partial charge in [0.05, 0.1) is 35.8 Å². The van der Waals surface area contributed by atoms with Gasteiger partial charge in [0, 0.05) is 43.1 Å². The number of amides is 1. The molecule has 1 saturated heterocycles. The van der Waals surface area contributed by atoms with Crippen molar-refractivity contribution in [3.05, 3.63) is 41.4 Å². The van der Waals surface area contributed by atoms with Gasteiger partial charge in [-0.1, -0.05) is 20.4 Å². The van der Waals surface area contributed by atoms with E-state index in [1.54, 1.807) is 12.3 Å². The van der Waals surface area contributed by atoms with Crippen molar-refractivity contribution < 1.29 is 9.90 Å². The summed E-state index contributed by atoms with van der Waals surface area (Å²) in [6.45, 7) is 11.6. The third-order valence-corrected chi connectivity index (χ3v) is 6.84. The van der Waals surface area contributed by atoms with Gasteiger partial charge in [0.25, 0.3) is 0 Å². The highest BCUT2D eigenvalue weighted by Gasteiger charge is 2.36. The van der Waals surface area contributed by atoms with E-state index in [0.29, 0.717) is 42.6 Å². The molecule has 1 atom stereocenters. The highest BCUT2D eigenvalue weighted by Crippen LogP contribution is 2.46. The molecule has 1 N–H and O–H groups in total. The van der Waals surface area contributed by atoms with Gasteiger partial charge in [-0.25, -0.2) is 4.98 Å². The van der Waals surface area contributed by atoms with Crippen LogP contribution in [0.4, 0.5) is 5.82 Å². The highest BCUT2D eigenvalue weighted by atomic mass is 16.3. The van der Waals surface area contributed by atoms with Gasteiger partial charge < -0.3 is 14.9 Å². The number of piperazine rings is 1. The maximum atomic E-state index is 12.6. The summed E-state index contributed by atoms with van der Waals surface area (Å²) >= 11 is 0. The zero-order valence-corrected chi connectivity index (χ0v) is 20.2. The Morgan fingerprint density at radius 2 is 2.15 bits per heavy atom. The van der Waals surface area contributed by atoms with Crippen LogP contribution in [0.2, 0.25) is 0 Å². The Kier molecular flexibility index (Phi) is 6.94. The molecule has 1 aliphatic carbocycles. The minimum Gasteiger partial charge on any atom is -0.396 e. The lowest BCUT2D eigenvalue weighted by molar-refractivity contribution is -0.135. The molecule has 2 aromatic heterocycles. The average molecular weight is 461 g/mol. The van der Waals surface area contributed by atoms with E-state index in [0.717, 1.165) is 35.2 Å². The molecule has 1 aliphatic heterocycles. The molecule has 1 amide bonds. The van der Waals surface area contributed by atoms with E-state index in [1.807, 2.05) is 17.9 Å². The minimum atomic E-state index is -0.146. The van der Waals surface area contributed by atoms with Crippen molar-refractivity contribution in [3.8, 4) is 17.2 Å². The topological polar surface area (TPSA) is 106 Å². The van der Waals surface area contributed by atoms with E-state index in [1.165, 1.54) is 0 Å². The normalized spacial score (nSPS) is 18.2. The third kappa shape index (κ3) is 4.53. The maximum absolute atomic E-state index is 12.6. The molecule has 3 heterocycles. The van der Waals surface area contributed by atoms with E-state index in [2.05, 4.69) is 41.6 Å². The lowest BCUT2D eigenvalue weighted by atomic mass is 9.93. The number of rotatable bonds is 7. The Hall–Kier alpha value is -3.31. The molecular formula is C26H32N6O2. The number of pyridine rings is 1. The number of aliphatic hydroxyl groups excluding tert-OH is 1. The zero-order valence-electron chi connectivity index (χ0n) is 20.2. The molecule has 0 spiro atoms. The number of aliphatic hydroxyl groups is 1. The van der Waals surface area contributed by atoms with Crippen molar-refractivity contribution in [2.75, 3.05) is 31.1 Å². The van der Waals surface area contributed by atoms with Crippen molar-refractivity contribution in [2.24, 2.45) is 5.92 Å². The average Bonchev–Trinajstić information content (AvgIpc) is 3.68. The quantitative estimate of drug-likeness (QED) is 0.676. The summed E-state index contributed by atoms with van der Waals surface area (Å²) in [6, 6.07) is 4.34. The molecule has 2 aromatic rings. The molecule has 8 heteroatoms. The van der Waals surface area contributed by atoms with E-state index >= 15 is 0 Å². The molecular weight excluding hydrogens is 428 g/mol. The van der Waals surface area contributed by atoms with Gasteiger partial charge in [-0.3, -0.25) is 4.79 Å². The van der Waals surface area contributed by atoms with Crippen LogP contribution in [0.3, 0.4) is 0 Å². The van der Waals surface area contributed by atoms with Crippen molar-refractivity contribution >= 4 is 17.8 Å². The highest BCUT2D eigenvalue weighted by molar-refractivity contribution is 5.79. The molecule has 4 rings (SSSR count). The second-order valence-corrected chi connectivity index (χ2v) is 9.47. The van der Waals surface area contributed by atoms with Crippen LogP contribution in [0.25, 0.3) is 17.2 Å². The number of nitriles is 1. The predicted octanol–water partition coefficient (Wildman–Crippen LogP) is 3.29. The first kappa shape index (κ1) is 23.8. The molecule has 0 bridgehead atoms. The number of hydrogen-bond donors (Lipinski definition) is 1. The summed E-state index contributed by atoms with van der Waals surface area (Å²) in [5.41, 5.74) is 5.03. The zero-order chi connectivity index (χ0) is 24.4. The Balaban J connectivity index is 1.77. The SMILES string of the molecule is C=Cc1cc(-c2c(C3CC3)nc(N3CCN(C(=O)CCO)C(C(C)C)C3)c(C#N)c2C)cnn1. The number of aromatic nitrogens is 3. The van der Waals surface area contributed by atoms with E-state index in [9.17, 15) is 15.2 Å². The number of nitrogens with zero attached hydrogens (tertiary/aromatic N) is 6. The molecule has 1 unspecified atom stereocenters. The van der Waals surface area contributed by atoms with Crippen LogP contribution >= 0.6 is 0 Å². The Labute approximate surface area is 200 Å². The fourth-order valence-corrected chi connectivity index (χ4v) is 4.83. The molecule has 8 nitrogen and oxygen atoms in total. The van der Waals surface area contributed by atoms with Crippen LogP contribution in [0, 0.1) is 24.2 Å². The lowest BCUT2D eigenvalue weighted by Gasteiger charge is -2.44. The Morgan fingerprint density at radius 3 is 2.76 bits per heavy atom. The minimum absolute atomic E-state index is 0.00921. The van der Waals surface area contributed by atoms with Crippen molar-refractivity contribution in [3.63, 3.8) is 0 Å². The molecule has 178 valence electrons. The fraction of sp³-hybridized carbons (Fsp3) is 0.500. The molecule has 2 aliphatic rings. The summed E-state index contributed by atoms with van der Waals surface area (Å²) in [7, 11) is 0. The molecule has 2 fully saturated rings. The van der Waals surface area contributed by atoms with Crippen LogP contribution in [0.1, 0.15) is 61.5 Å². The van der Waals surface area contributed by atoms with Gasteiger partial charge in [0.2, 0.25) is 5.91 Å². The van der Waals surface area contributed by atoms with Gasteiger partial charge in [0.15, 0.2) is 0 Å². The Morgan fingerprint density at radius 1 is 1.38 bits per heavy atom. The van der Waals surface area contributed by atoms with Gasteiger partial charge in [-0.15, -0.1) is 0 Å². The smallest absolute Gasteiger partial charge is 0.225 e. The summed E-state index contributed by atoms with van der Waals surface area (Å²) in [4.78, 5) is 21.8. The molecule has 1 saturated carbocycles. The Bertz CT molecular complexity index is 1130. The van der Waals surface area contributed by atoms with Crippen molar-refractivity contribution in [2.45, 2.75) is 52.0 Å². The van der Waals surface area contributed by atoms with E-state index < -0.39 is 0 Å². The van der Waals surface area contributed by atoms with E-state index in [4.69, 9.17) is 4.98 Å². The van der Waals surface area contributed by atoms with Gasteiger partial charge in [-0.05, 0) is 43.4 Å². The van der Waals surface area contributed by atoms with Crippen molar-refractivity contribution in [1.29, 1.82) is 5.26 Å². The van der Waals surface area contributed by atoms with Crippen LogP contribution in [0.5, 0.6) is 0 Å². The molecule has 34 heavy (non-hydrogen) atoms. The molecule has 0 radical (unpaired) electrons. The fourth-order valence-electron chi connectivity index (χ4n) is 4.83. The first-order valence-corrected chi connectivity index (χ1v) is 11.9. The second kappa shape index (κ2) is 9.90. The maximum Gasteiger partial charge on any atom is 0.225 e. The predicted molar refractivity (Wildman–Crippen MR) is 131 cm³/mol. The van der Waals surface area contributed by atoms with Crippen molar-refractivity contribution in [1.82, 2.24) is 20.1 Å². The van der Waals surface area contributed by atoms with Crippen LogP contribution < -0.4 is 4.90 Å². The van der Waals surface area contributed by atoms with Crippen LogP contribution in [0.15, 0.2) is 18.8 Å². The number of hydrogen-bond acceptors (Lipinski definition) is 7. The number of carbonyl (C=O) groups is 1. The monoisotopic (exact) mass is 460 g/mol. The second-order valence-electron chi connectivity index (χ2n) is 9.47. The largest absolute Gasteiger partial charge is 0.396 e.